The fourth-order valence-corrected chi connectivity index (χ4v) is 2.07. The molecule has 2 rings (SSSR count). The normalized spacial score (nSPS) is 19.7. The Morgan fingerprint density at radius 2 is 2.27 bits per heavy atom. The predicted molar refractivity (Wildman–Crippen MR) is 59.6 cm³/mol. The van der Waals surface area contributed by atoms with Crippen molar-refractivity contribution in [2.75, 3.05) is 6.54 Å². The molecule has 1 aliphatic rings. The van der Waals surface area contributed by atoms with Crippen molar-refractivity contribution in [3.63, 3.8) is 0 Å². The van der Waals surface area contributed by atoms with E-state index in [1.54, 1.807) is 0 Å². The van der Waals surface area contributed by atoms with Crippen LogP contribution in [-0.4, -0.2) is 21.5 Å². The lowest BCUT2D eigenvalue weighted by Crippen LogP contribution is -2.26. The Morgan fingerprint density at radius 1 is 1.47 bits per heavy atom. The third-order valence-electron chi connectivity index (χ3n) is 3.56. The fraction of sp³-hybridized carbons (Fsp3) is 0.818. The summed E-state index contributed by atoms with van der Waals surface area (Å²) >= 11 is 0. The van der Waals surface area contributed by atoms with Gasteiger partial charge in [-0.25, -0.2) is 4.68 Å². The molecule has 15 heavy (non-hydrogen) atoms. The van der Waals surface area contributed by atoms with Gasteiger partial charge in [0, 0.05) is 19.5 Å². The maximum Gasteiger partial charge on any atom is 0.0997 e. The van der Waals surface area contributed by atoms with Gasteiger partial charge >= 0.3 is 0 Å². The van der Waals surface area contributed by atoms with Gasteiger partial charge in [0.05, 0.1) is 17.4 Å². The van der Waals surface area contributed by atoms with Crippen molar-refractivity contribution in [2.45, 2.75) is 46.2 Å². The van der Waals surface area contributed by atoms with Crippen molar-refractivity contribution in [1.29, 1.82) is 0 Å². The quantitative estimate of drug-likeness (QED) is 0.819. The second-order valence-electron chi connectivity index (χ2n) is 4.48. The van der Waals surface area contributed by atoms with Crippen molar-refractivity contribution in [3.8, 4) is 0 Å². The van der Waals surface area contributed by atoms with Gasteiger partial charge in [0.2, 0.25) is 0 Å². The lowest BCUT2D eigenvalue weighted by Gasteiger charge is -2.22. The molecule has 84 valence electrons. The van der Waals surface area contributed by atoms with Crippen LogP contribution in [0.5, 0.6) is 0 Å². The summed E-state index contributed by atoms with van der Waals surface area (Å²) in [5.74, 6) is 0.658. The van der Waals surface area contributed by atoms with E-state index in [2.05, 4.69) is 41.1 Å². The molecule has 4 nitrogen and oxygen atoms in total. The van der Waals surface area contributed by atoms with Crippen LogP contribution < -0.4 is 5.32 Å². The van der Waals surface area contributed by atoms with Gasteiger partial charge < -0.3 is 5.32 Å². The molecule has 0 spiro atoms. The molecule has 1 aliphatic heterocycles. The van der Waals surface area contributed by atoms with Crippen LogP contribution in [-0.2, 0) is 13.0 Å². The summed E-state index contributed by atoms with van der Waals surface area (Å²) in [5.41, 5.74) is 2.47. The molecule has 1 N–H and O–H groups in total. The van der Waals surface area contributed by atoms with Crippen LogP contribution in [0.3, 0.4) is 0 Å². The largest absolute Gasteiger partial charge is 0.311 e. The van der Waals surface area contributed by atoms with Gasteiger partial charge in [-0.1, -0.05) is 25.5 Å². The third kappa shape index (κ3) is 1.91. The molecule has 4 heteroatoms. The molecule has 1 aromatic heterocycles. The first-order valence-corrected chi connectivity index (χ1v) is 5.87. The molecule has 2 atom stereocenters. The first kappa shape index (κ1) is 10.6. The molecule has 0 bridgehead atoms. The maximum atomic E-state index is 4.29. The van der Waals surface area contributed by atoms with Crippen molar-refractivity contribution >= 4 is 0 Å². The number of nitrogens with zero attached hydrogens (tertiary/aromatic N) is 3. The lowest BCUT2D eigenvalue weighted by atomic mass is 10.0. The van der Waals surface area contributed by atoms with Gasteiger partial charge in [0.1, 0.15) is 0 Å². The van der Waals surface area contributed by atoms with Crippen LogP contribution in [0.25, 0.3) is 0 Å². The molecule has 1 aromatic rings. The zero-order valence-corrected chi connectivity index (χ0v) is 9.82. The van der Waals surface area contributed by atoms with E-state index in [-0.39, 0.29) is 0 Å². The van der Waals surface area contributed by atoms with E-state index >= 15 is 0 Å². The number of rotatable bonds is 3. The van der Waals surface area contributed by atoms with Crippen LogP contribution in [0.1, 0.15) is 44.6 Å². The van der Waals surface area contributed by atoms with Crippen LogP contribution in [0.4, 0.5) is 0 Å². The van der Waals surface area contributed by atoms with E-state index in [0.717, 1.165) is 25.2 Å². The van der Waals surface area contributed by atoms with Gasteiger partial charge in [-0.3, -0.25) is 0 Å². The SMILES string of the molecule is CCC(C)C(C)n1nnc2c1CCNC2. The lowest BCUT2D eigenvalue weighted by molar-refractivity contribution is 0.328. The molecular weight excluding hydrogens is 188 g/mol. The van der Waals surface area contributed by atoms with Gasteiger partial charge in [-0.15, -0.1) is 5.10 Å². The van der Waals surface area contributed by atoms with Crippen LogP contribution in [0.15, 0.2) is 0 Å². The van der Waals surface area contributed by atoms with Crippen molar-refractivity contribution in [1.82, 2.24) is 20.3 Å². The minimum absolute atomic E-state index is 0.462. The van der Waals surface area contributed by atoms with E-state index in [1.807, 2.05) is 0 Å². The smallest absolute Gasteiger partial charge is 0.0997 e. The second-order valence-corrected chi connectivity index (χ2v) is 4.48. The molecule has 0 aromatic carbocycles. The Bertz CT molecular complexity index is 331. The average molecular weight is 208 g/mol. The molecule has 0 radical (unpaired) electrons. The molecule has 2 unspecified atom stereocenters. The summed E-state index contributed by atoms with van der Waals surface area (Å²) < 4.78 is 2.13. The number of fused-ring (bicyclic) bond motifs is 1. The minimum Gasteiger partial charge on any atom is -0.311 e. The zero-order valence-electron chi connectivity index (χ0n) is 9.82. The number of hydrogen-bond acceptors (Lipinski definition) is 3. The molecular formula is C11H20N4. The first-order chi connectivity index (χ1) is 7.24. The summed E-state index contributed by atoms with van der Waals surface area (Å²) in [5, 5.41) is 11.9. The van der Waals surface area contributed by atoms with Crippen LogP contribution in [0.2, 0.25) is 0 Å². The van der Waals surface area contributed by atoms with E-state index in [4.69, 9.17) is 0 Å². The fourth-order valence-electron chi connectivity index (χ4n) is 2.07. The summed E-state index contributed by atoms with van der Waals surface area (Å²) in [6.07, 6.45) is 2.25. The van der Waals surface area contributed by atoms with Gasteiger partial charge in [-0.2, -0.15) is 0 Å². The van der Waals surface area contributed by atoms with Crippen molar-refractivity contribution in [3.05, 3.63) is 11.4 Å². The molecule has 2 heterocycles. The number of nitrogens with one attached hydrogen (secondary N) is 1. The zero-order chi connectivity index (χ0) is 10.8. The average Bonchev–Trinajstić information content (AvgIpc) is 2.70. The molecule has 0 fully saturated rings. The van der Waals surface area contributed by atoms with E-state index in [0.29, 0.717) is 12.0 Å². The first-order valence-electron chi connectivity index (χ1n) is 5.87. The monoisotopic (exact) mass is 208 g/mol. The summed E-state index contributed by atoms with van der Waals surface area (Å²) in [7, 11) is 0. The highest BCUT2D eigenvalue weighted by atomic mass is 15.4. The van der Waals surface area contributed by atoms with Crippen molar-refractivity contribution < 1.29 is 0 Å². The number of hydrogen-bond donors (Lipinski definition) is 1. The van der Waals surface area contributed by atoms with E-state index in [9.17, 15) is 0 Å². The number of aromatic nitrogens is 3. The Balaban J connectivity index is 2.24. The summed E-state index contributed by atoms with van der Waals surface area (Å²) in [4.78, 5) is 0. The van der Waals surface area contributed by atoms with E-state index < -0.39 is 0 Å². The predicted octanol–water partition coefficient (Wildman–Crippen LogP) is 1.53. The van der Waals surface area contributed by atoms with Gasteiger partial charge in [-0.05, 0) is 12.8 Å². The van der Waals surface area contributed by atoms with E-state index in [1.165, 1.54) is 12.1 Å². The standard InChI is InChI=1S/C11H20N4/c1-4-8(2)9(3)15-11-5-6-12-7-10(11)13-14-15/h8-9,12H,4-7H2,1-3H3. The molecule has 0 saturated carbocycles. The maximum absolute atomic E-state index is 4.29. The summed E-state index contributed by atoms with van der Waals surface area (Å²) in [6.45, 7) is 8.67. The van der Waals surface area contributed by atoms with Crippen LogP contribution in [0, 0.1) is 5.92 Å². The highest BCUT2D eigenvalue weighted by Gasteiger charge is 2.21. The van der Waals surface area contributed by atoms with Crippen LogP contribution >= 0.6 is 0 Å². The Hall–Kier alpha value is -0.900. The second kappa shape index (κ2) is 4.31. The Kier molecular flexibility index (Phi) is 3.05. The molecule has 0 amide bonds. The topological polar surface area (TPSA) is 42.7 Å². The molecule has 0 aliphatic carbocycles. The Labute approximate surface area is 91.1 Å². The molecule has 0 saturated heterocycles. The van der Waals surface area contributed by atoms with Crippen molar-refractivity contribution in [2.24, 2.45) is 5.92 Å². The third-order valence-corrected chi connectivity index (χ3v) is 3.56. The highest BCUT2D eigenvalue weighted by molar-refractivity contribution is 5.14. The summed E-state index contributed by atoms with van der Waals surface area (Å²) in [6, 6.07) is 0.462. The Morgan fingerprint density at radius 3 is 3.00 bits per heavy atom. The van der Waals surface area contributed by atoms with Gasteiger partial charge in [0.15, 0.2) is 0 Å². The van der Waals surface area contributed by atoms with Gasteiger partial charge in [0.25, 0.3) is 0 Å². The highest BCUT2D eigenvalue weighted by Crippen LogP contribution is 2.23. The minimum atomic E-state index is 0.462.